The number of aromatic hydroxyl groups is 1. The molecule has 0 spiro atoms. The first-order valence-electron chi connectivity index (χ1n) is 21.3. The molecule has 64 heavy (non-hydrogen) atoms. The fourth-order valence-corrected chi connectivity index (χ4v) is 8.76. The first-order chi connectivity index (χ1) is 30.8. The van der Waals surface area contributed by atoms with Gasteiger partial charge in [-0.25, -0.2) is 4.98 Å². The molecule has 6 heteroatoms. The number of rotatable bonds is 7. The van der Waals surface area contributed by atoms with Gasteiger partial charge in [-0.1, -0.05) is 171 Å². The van der Waals surface area contributed by atoms with E-state index < -0.39 is 0 Å². The van der Waals surface area contributed by atoms with Gasteiger partial charge in [-0.05, 0) is 75.7 Å². The van der Waals surface area contributed by atoms with E-state index in [4.69, 9.17) is 14.4 Å². The van der Waals surface area contributed by atoms with Crippen molar-refractivity contribution in [1.29, 1.82) is 0 Å². The molecule has 3 heterocycles. The maximum atomic E-state index is 12.1. The van der Waals surface area contributed by atoms with Crippen LogP contribution < -0.4 is 0 Å². The summed E-state index contributed by atoms with van der Waals surface area (Å²) in [5, 5.41) is 13.9. The third-order valence-corrected chi connectivity index (χ3v) is 12.0. The summed E-state index contributed by atoms with van der Waals surface area (Å²) in [6, 6.07) is 68.4. The maximum Gasteiger partial charge on any atom is 0.148 e. The molecule has 0 unspecified atom stereocenters. The summed E-state index contributed by atoms with van der Waals surface area (Å²) in [6.07, 6.45) is 1.87. The summed E-state index contributed by atoms with van der Waals surface area (Å²) in [5.74, 6) is 0.707. The molecule has 0 saturated heterocycles. The molecular weight excluding hydrogens is 966 g/mol. The molecule has 8 aromatic carbocycles. The van der Waals surface area contributed by atoms with Crippen molar-refractivity contribution in [2.45, 2.75) is 26.2 Å². The summed E-state index contributed by atoms with van der Waals surface area (Å²) < 4.78 is 8.61. The van der Waals surface area contributed by atoms with Gasteiger partial charge in [-0.15, -0.1) is 23.8 Å². The Balaban J connectivity index is 0.00000484. The van der Waals surface area contributed by atoms with Gasteiger partial charge >= 0.3 is 0 Å². The Morgan fingerprint density at radius 1 is 0.531 bits per heavy atom. The summed E-state index contributed by atoms with van der Waals surface area (Å²) in [5.41, 5.74) is 15.7. The molecule has 0 saturated carbocycles. The van der Waals surface area contributed by atoms with Crippen molar-refractivity contribution in [3.05, 3.63) is 206 Å². The van der Waals surface area contributed by atoms with Gasteiger partial charge in [0.15, 0.2) is 0 Å². The number of fused-ring (bicyclic) bond motifs is 4. The number of hydrogen-bond acceptors (Lipinski definition) is 4. The summed E-state index contributed by atoms with van der Waals surface area (Å²) in [4.78, 5) is 10.4. The number of furan rings is 1. The summed E-state index contributed by atoms with van der Waals surface area (Å²) >= 11 is 0. The Hall–Kier alpha value is -7.33. The van der Waals surface area contributed by atoms with Crippen molar-refractivity contribution in [2.24, 2.45) is 0 Å². The molecule has 0 aliphatic rings. The first-order valence-corrected chi connectivity index (χ1v) is 21.3. The Morgan fingerprint density at radius 3 is 1.94 bits per heavy atom. The predicted molar refractivity (Wildman–Crippen MR) is 258 cm³/mol. The normalized spacial score (nSPS) is 11.6. The van der Waals surface area contributed by atoms with Crippen molar-refractivity contribution in [1.82, 2.24) is 14.5 Å². The standard InChI is InChI=1S/C58H42N3O2.Pt/c1-58(2,3)44-26-27-51(47(34-44)39-20-11-6-12-21-39)61-52-24-15-23-45(56(52)60-57(61)49-36-55-48(35-53(49)62)46-22-13-14-25-54(46)63-55)42-30-41(38-18-9-5-10-19-38)31-43(32-42)50-33-40(28-29-59-50)37-16-7-4-8-17-37;/h4-31,33-36,62H,1-3H3;/q-1;. The number of hydrogen-bond donors (Lipinski definition) is 1. The molecule has 0 bridgehead atoms. The second-order valence-electron chi connectivity index (χ2n) is 17.1. The quantitative estimate of drug-likeness (QED) is 0.162. The van der Waals surface area contributed by atoms with Crippen LogP contribution in [0.5, 0.6) is 5.75 Å². The Kier molecular flexibility index (Phi) is 10.4. The second-order valence-corrected chi connectivity index (χ2v) is 17.1. The molecule has 312 valence electrons. The van der Waals surface area contributed by atoms with Crippen LogP contribution in [-0.4, -0.2) is 19.6 Å². The third kappa shape index (κ3) is 7.32. The average molecular weight is 1010 g/mol. The van der Waals surface area contributed by atoms with Gasteiger partial charge in [0, 0.05) is 49.3 Å². The Labute approximate surface area is 386 Å². The predicted octanol–water partition coefficient (Wildman–Crippen LogP) is 15.1. The average Bonchev–Trinajstić information content (AvgIpc) is 3.89. The van der Waals surface area contributed by atoms with Crippen molar-refractivity contribution in [3.8, 4) is 78.6 Å². The minimum Gasteiger partial charge on any atom is -0.507 e. The number of phenolic OH excluding ortho intramolecular Hbond substituents is 1. The van der Waals surface area contributed by atoms with Gasteiger partial charge in [0.05, 0.1) is 22.3 Å². The molecule has 0 aliphatic heterocycles. The fourth-order valence-electron chi connectivity index (χ4n) is 8.76. The van der Waals surface area contributed by atoms with Crippen molar-refractivity contribution in [2.75, 3.05) is 0 Å². The molecular formula is C58H42N3O2Pt-. The number of benzene rings is 8. The van der Waals surface area contributed by atoms with Crippen molar-refractivity contribution < 1.29 is 30.6 Å². The van der Waals surface area contributed by atoms with Crippen LogP contribution in [0.15, 0.2) is 199 Å². The van der Waals surface area contributed by atoms with Crippen LogP contribution in [0.2, 0.25) is 0 Å². The van der Waals surface area contributed by atoms with Crippen LogP contribution >= 0.6 is 0 Å². The monoisotopic (exact) mass is 1010 g/mol. The van der Waals surface area contributed by atoms with E-state index in [1.165, 1.54) is 5.56 Å². The molecule has 0 atom stereocenters. The SMILES string of the molecule is CC(C)(C)c1ccc(-n2c(-c3cc4oc5ccccc5c4cc3O)nc3c(-c4[c-]c(-c5cc(-c6ccccc6)ccn5)cc(-c5ccccc5)c4)cccc32)c(-c2ccccc2)c1.[Pt]. The Bertz CT molecular complexity index is 3500. The van der Waals surface area contributed by atoms with Gasteiger partial charge in [0.25, 0.3) is 0 Å². The molecule has 0 aliphatic carbocycles. The van der Waals surface area contributed by atoms with Gasteiger partial charge < -0.3 is 9.52 Å². The molecule has 0 amide bonds. The number of aromatic nitrogens is 3. The van der Waals surface area contributed by atoms with E-state index in [0.717, 1.165) is 88.8 Å². The van der Waals surface area contributed by atoms with Gasteiger partial charge in [0.2, 0.25) is 0 Å². The van der Waals surface area contributed by atoms with Gasteiger partial charge in [-0.3, -0.25) is 9.55 Å². The van der Waals surface area contributed by atoms with E-state index in [1.54, 1.807) is 0 Å². The van der Waals surface area contributed by atoms with E-state index in [2.05, 4.69) is 159 Å². The van der Waals surface area contributed by atoms with Gasteiger partial charge in [0.1, 0.15) is 22.7 Å². The van der Waals surface area contributed by atoms with Gasteiger partial charge in [-0.2, -0.15) is 0 Å². The van der Waals surface area contributed by atoms with Crippen molar-refractivity contribution >= 4 is 33.0 Å². The fraction of sp³-hybridized carbons (Fsp3) is 0.0690. The summed E-state index contributed by atoms with van der Waals surface area (Å²) in [6.45, 7) is 6.72. The molecule has 11 rings (SSSR count). The Morgan fingerprint density at radius 2 is 1.20 bits per heavy atom. The zero-order valence-electron chi connectivity index (χ0n) is 35.5. The second kappa shape index (κ2) is 16.4. The van der Waals surface area contributed by atoms with Crippen LogP contribution in [0, 0.1) is 6.07 Å². The van der Waals surface area contributed by atoms with Crippen LogP contribution in [0.4, 0.5) is 0 Å². The van der Waals surface area contributed by atoms with E-state index in [9.17, 15) is 5.11 Å². The number of nitrogens with zero attached hydrogens (tertiary/aromatic N) is 3. The minimum atomic E-state index is -0.0908. The van der Waals surface area contributed by atoms with Crippen LogP contribution in [0.1, 0.15) is 26.3 Å². The van der Waals surface area contributed by atoms with E-state index in [0.29, 0.717) is 17.0 Å². The van der Waals surface area contributed by atoms with E-state index in [1.807, 2.05) is 66.9 Å². The van der Waals surface area contributed by atoms with Crippen LogP contribution in [-0.2, 0) is 26.5 Å². The van der Waals surface area contributed by atoms with E-state index in [-0.39, 0.29) is 32.2 Å². The smallest absolute Gasteiger partial charge is 0.148 e. The maximum absolute atomic E-state index is 12.1. The first kappa shape index (κ1) is 40.7. The largest absolute Gasteiger partial charge is 0.507 e. The molecule has 0 fully saturated rings. The number of para-hydroxylation sites is 2. The molecule has 11 aromatic rings. The third-order valence-electron chi connectivity index (χ3n) is 12.0. The van der Waals surface area contributed by atoms with E-state index >= 15 is 0 Å². The number of imidazole rings is 1. The number of phenols is 1. The summed E-state index contributed by atoms with van der Waals surface area (Å²) in [7, 11) is 0. The molecule has 5 nitrogen and oxygen atoms in total. The number of pyridine rings is 1. The molecule has 0 radical (unpaired) electrons. The van der Waals surface area contributed by atoms with Crippen LogP contribution in [0.25, 0.3) is 106 Å². The molecule has 1 N–H and O–H groups in total. The topological polar surface area (TPSA) is 64.1 Å². The zero-order chi connectivity index (χ0) is 42.7. The van der Waals surface area contributed by atoms with Crippen molar-refractivity contribution in [3.63, 3.8) is 0 Å². The minimum absolute atomic E-state index is 0. The zero-order valence-corrected chi connectivity index (χ0v) is 37.8. The van der Waals surface area contributed by atoms with Crippen LogP contribution in [0.3, 0.4) is 0 Å². The molecule has 3 aromatic heterocycles.